The van der Waals surface area contributed by atoms with Crippen molar-refractivity contribution in [2.45, 2.75) is 18.4 Å². The van der Waals surface area contributed by atoms with E-state index in [4.69, 9.17) is 47.4 Å². The van der Waals surface area contributed by atoms with E-state index in [2.05, 4.69) is 10.6 Å². The summed E-state index contributed by atoms with van der Waals surface area (Å²) in [6.07, 6.45) is 0.982. The molecule has 0 aliphatic carbocycles. The molecule has 2 aliphatic heterocycles. The Hall–Kier alpha value is -5.83. The first-order valence-corrected chi connectivity index (χ1v) is 23.7. The lowest BCUT2D eigenvalue weighted by atomic mass is 9.77. The Morgan fingerprint density at radius 1 is 0.543 bits per heavy atom. The number of benzene rings is 4. The van der Waals surface area contributed by atoms with Crippen LogP contribution in [0.15, 0.2) is 78.9 Å². The van der Waals surface area contributed by atoms with Crippen molar-refractivity contribution in [1.29, 1.82) is 0 Å². The predicted octanol–water partition coefficient (Wildman–Crippen LogP) is 4.70. The molecule has 70 heavy (non-hydrogen) atoms. The Bertz CT molecular complexity index is 2220. The number of nitrogens with one attached hydrogen (secondary N) is 2. The van der Waals surface area contributed by atoms with Crippen molar-refractivity contribution >= 4 is 29.2 Å². The third-order valence-electron chi connectivity index (χ3n) is 11.4. The second-order valence-electron chi connectivity index (χ2n) is 16.8. The van der Waals surface area contributed by atoms with Gasteiger partial charge in [-0.25, -0.2) is 4.79 Å². The van der Waals surface area contributed by atoms with E-state index < -0.39 is 11.6 Å². The second kappa shape index (κ2) is 28.1. The molecule has 4 aromatic rings. The number of carbonyl (C=O) groups excluding carboxylic acids is 3. The smallest absolute Gasteiger partial charge is 0.340 e. The summed E-state index contributed by atoms with van der Waals surface area (Å²) >= 11 is 0. The van der Waals surface area contributed by atoms with Gasteiger partial charge in [0.25, 0.3) is 5.91 Å². The number of ether oxygens (including phenoxy) is 10. The van der Waals surface area contributed by atoms with Gasteiger partial charge in [-0.15, -0.1) is 0 Å². The molecule has 0 saturated carbocycles. The van der Waals surface area contributed by atoms with E-state index >= 15 is 0 Å². The van der Waals surface area contributed by atoms with Gasteiger partial charge in [-0.3, -0.25) is 9.59 Å². The van der Waals surface area contributed by atoms with Gasteiger partial charge >= 0.3 is 5.97 Å². The maximum atomic E-state index is 13.6. The number of rotatable bonds is 33. The van der Waals surface area contributed by atoms with Crippen molar-refractivity contribution in [1.82, 2.24) is 10.6 Å². The van der Waals surface area contributed by atoms with Crippen molar-refractivity contribution in [3.8, 4) is 17.2 Å². The molecule has 2 aliphatic rings. The number of amides is 2. The van der Waals surface area contributed by atoms with Gasteiger partial charge < -0.3 is 72.9 Å². The van der Waals surface area contributed by atoms with Gasteiger partial charge in [0.15, 0.2) is 5.60 Å². The van der Waals surface area contributed by atoms with Crippen molar-refractivity contribution in [3.63, 3.8) is 0 Å². The molecule has 4 aromatic carbocycles. The summed E-state index contributed by atoms with van der Waals surface area (Å²) in [6.45, 7) is 7.36. The summed E-state index contributed by atoms with van der Waals surface area (Å²) in [6, 6.07) is 23.7. The van der Waals surface area contributed by atoms with Crippen molar-refractivity contribution < 1.29 is 66.9 Å². The van der Waals surface area contributed by atoms with Crippen LogP contribution in [-0.2, 0) is 59.4 Å². The number of hydrogen-bond donors (Lipinski definition) is 3. The number of nitrogens with zero attached hydrogens (tertiary/aromatic N) is 2. The third kappa shape index (κ3) is 15.6. The number of carbonyl (C=O) groups is 3. The molecule has 18 nitrogen and oxygen atoms in total. The van der Waals surface area contributed by atoms with Crippen LogP contribution < -0.4 is 25.2 Å². The van der Waals surface area contributed by atoms with Crippen LogP contribution in [0.25, 0.3) is 0 Å². The normalized spacial score (nSPS) is 13.0. The minimum absolute atomic E-state index is 0.0665. The first-order chi connectivity index (χ1) is 34.1. The average Bonchev–Trinajstić information content (AvgIpc) is 3.64. The van der Waals surface area contributed by atoms with E-state index in [1.807, 2.05) is 86.5 Å². The standard InChI is InChI=1S/C52H68N4O14/c1-55(2)40-8-13-45-47(36-40)69-48-37-41(56(3)4)9-14-46(48)52(45)44-12-7-39(35-43(44)51(60)70-52)50(59)54-18-20-62-22-24-64-26-28-66-30-32-68-34-33-67-31-29-65-27-25-63-23-21-61-19-16-49(58)53-17-15-38-5-10-42(57)11-6-38/h5-14,35-37,57H,15-34H2,1-4H3,(H,53,58)(H,54,59). The zero-order valence-corrected chi connectivity index (χ0v) is 40.8. The Labute approximate surface area is 410 Å². The minimum Gasteiger partial charge on any atom is -0.508 e. The zero-order chi connectivity index (χ0) is 49.6. The lowest BCUT2D eigenvalue weighted by Gasteiger charge is -2.37. The molecule has 0 atom stereocenters. The van der Waals surface area contributed by atoms with Crippen molar-refractivity contribution in [2.24, 2.45) is 0 Å². The van der Waals surface area contributed by atoms with Gasteiger partial charge in [-0.05, 0) is 60.5 Å². The lowest BCUT2D eigenvalue weighted by molar-refractivity contribution is -0.122. The molecule has 0 unspecified atom stereocenters. The van der Waals surface area contributed by atoms with Crippen LogP contribution in [0.2, 0.25) is 0 Å². The first kappa shape index (κ1) is 53.5. The summed E-state index contributed by atoms with van der Waals surface area (Å²) in [5, 5.41) is 15.1. The molecule has 0 saturated heterocycles. The molecule has 380 valence electrons. The Kier molecular flexibility index (Phi) is 21.5. The van der Waals surface area contributed by atoms with Crippen molar-refractivity contribution in [2.75, 3.05) is 157 Å². The van der Waals surface area contributed by atoms with Crippen LogP contribution in [0.4, 0.5) is 11.4 Å². The number of hydrogen-bond acceptors (Lipinski definition) is 16. The van der Waals surface area contributed by atoms with Crippen LogP contribution in [-0.4, -0.2) is 170 Å². The van der Waals surface area contributed by atoms with Gasteiger partial charge in [-0.1, -0.05) is 18.2 Å². The predicted molar refractivity (Wildman–Crippen MR) is 262 cm³/mol. The fraction of sp³-hybridized carbons (Fsp3) is 0.481. The molecule has 18 heteroatoms. The molecular formula is C52H68N4O14. The third-order valence-corrected chi connectivity index (χ3v) is 11.4. The number of esters is 1. The Morgan fingerprint density at radius 2 is 1.00 bits per heavy atom. The molecule has 2 heterocycles. The largest absolute Gasteiger partial charge is 0.508 e. The van der Waals surface area contributed by atoms with E-state index in [-0.39, 0.29) is 37.1 Å². The highest BCUT2D eigenvalue weighted by Gasteiger charge is 2.53. The summed E-state index contributed by atoms with van der Waals surface area (Å²) in [5.41, 5.74) is 4.41. The maximum Gasteiger partial charge on any atom is 0.340 e. The highest BCUT2D eigenvalue weighted by atomic mass is 16.6. The van der Waals surface area contributed by atoms with E-state index in [9.17, 15) is 19.5 Å². The molecule has 0 fully saturated rings. The summed E-state index contributed by atoms with van der Waals surface area (Å²) in [5.74, 6) is 0.492. The van der Waals surface area contributed by atoms with Gasteiger partial charge in [0.2, 0.25) is 5.91 Å². The van der Waals surface area contributed by atoms with E-state index in [1.165, 1.54) is 0 Å². The lowest BCUT2D eigenvalue weighted by Crippen LogP contribution is -2.33. The fourth-order valence-electron chi connectivity index (χ4n) is 7.65. The maximum absolute atomic E-state index is 13.6. The Morgan fingerprint density at radius 3 is 1.49 bits per heavy atom. The quantitative estimate of drug-likeness (QED) is 0.0439. The number of anilines is 2. The van der Waals surface area contributed by atoms with E-state index in [0.29, 0.717) is 151 Å². The summed E-state index contributed by atoms with van der Waals surface area (Å²) in [7, 11) is 7.82. The summed E-state index contributed by atoms with van der Waals surface area (Å²) < 4.78 is 57.0. The van der Waals surface area contributed by atoms with Gasteiger partial charge in [0.05, 0.1) is 111 Å². The average molecular weight is 973 g/mol. The van der Waals surface area contributed by atoms with Gasteiger partial charge in [0.1, 0.15) is 17.2 Å². The van der Waals surface area contributed by atoms with Crippen LogP contribution in [0.5, 0.6) is 17.2 Å². The number of fused-ring (bicyclic) bond motifs is 6. The number of phenolic OH excluding ortho intramolecular Hbond substituents is 1. The van der Waals surface area contributed by atoms with Crippen molar-refractivity contribution in [3.05, 3.63) is 112 Å². The van der Waals surface area contributed by atoms with Gasteiger partial charge in [0, 0.05) is 93.5 Å². The van der Waals surface area contributed by atoms with Crippen LogP contribution in [0, 0.1) is 0 Å². The van der Waals surface area contributed by atoms with Gasteiger partial charge in [-0.2, -0.15) is 0 Å². The highest BCUT2D eigenvalue weighted by Crippen LogP contribution is 2.57. The fourth-order valence-corrected chi connectivity index (χ4v) is 7.65. The molecule has 6 rings (SSSR count). The number of phenols is 1. The minimum atomic E-state index is -1.24. The summed E-state index contributed by atoms with van der Waals surface area (Å²) in [4.78, 5) is 42.7. The molecule has 2 amide bonds. The second-order valence-corrected chi connectivity index (χ2v) is 16.8. The Balaban J connectivity index is 0.725. The zero-order valence-electron chi connectivity index (χ0n) is 40.8. The number of aromatic hydroxyl groups is 1. The molecule has 0 aromatic heterocycles. The van der Waals surface area contributed by atoms with E-state index in [1.54, 1.807) is 30.3 Å². The monoisotopic (exact) mass is 972 g/mol. The SMILES string of the molecule is CN(C)c1ccc2c(c1)Oc1cc(N(C)C)ccc1C21OC(=O)c2cc(C(=O)NCCOCCOCCOCCOCCOCCOCCOCCOCCC(=O)NCCc3ccc(O)cc3)ccc21. The highest BCUT2D eigenvalue weighted by molar-refractivity contribution is 6.01. The van der Waals surface area contributed by atoms with Crippen LogP contribution in [0.3, 0.4) is 0 Å². The molecule has 0 bridgehead atoms. The topological polar surface area (TPSA) is 194 Å². The molecule has 3 N–H and O–H groups in total. The molecular weight excluding hydrogens is 905 g/mol. The van der Waals surface area contributed by atoms with E-state index in [0.717, 1.165) is 16.9 Å². The van der Waals surface area contributed by atoms with Crippen LogP contribution in [0.1, 0.15) is 49.4 Å². The first-order valence-electron chi connectivity index (χ1n) is 23.7. The van der Waals surface area contributed by atoms with Crippen LogP contribution >= 0.6 is 0 Å². The molecule has 0 radical (unpaired) electrons. The molecule has 1 spiro atoms.